The highest BCUT2D eigenvalue weighted by Gasteiger charge is 2.22. The van der Waals surface area contributed by atoms with E-state index >= 15 is 0 Å². The van der Waals surface area contributed by atoms with Gasteiger partial charge in [0.25, 0.3) is 0 Å². The maximum atomic E-state index is 5.08. The summed E-state index contributed by atoms with van der Waals surface area (Å²) in [5.41, 5.74) is 12.2. The average molecular weight is 688 g/mol. The Morgan fingerprint density at radius 1 is 0.558 bits per heavy atom. The number of nitrogens with zero attached hydrogens (tertiary/aromatic N) is 3. The molecule has 0 amide bonds. The molecule has 0 bridgehead atoms. The van der Waals surface area contributed by atoms with Gasteiger partial charge in [-0.15, -0.1) is 11.3 Å². The Balaban J connectivity index is 1.14. The fourth-order valence-corrected chi connectivity index (χ4v) is 8.87. The molecule has 2 aliphatic rings. The van der Waals surface area contributed by atoms with E-state index in [4.69, 9.17) is 9.97 Å². The van der Waals surface area contributed by atoms with E-state index in [0.29, 0.717) is 5.82 Å². The zero-order valence-corrected chi connectivity index (χ0v) is 29.1. The number of nitrogens with one attached hydrogen (secondary N) is 2. The Kier molecular flexibility index (Phi) is 7.40. The number of allylic oxidation sites excluding steroid dienone is 4. The van der Waals surface area contributed by atoms with Gasteiger partial charge in [-0.2, -0.15) is 0 Å². The van der Waals surface area contributed by atoms with Crippen LogP contribution in [0.4, 0.5) is 0 Å². The number of benzene rings is 5. The van der Waals surface area contributed by atoms with Crippen molar-refractivity contribution >= 4 is 54.4 Å². The lowest BCUT2D eigenvalue weighted by Crippen LogP contribution is -2.11. The van der Waals surface area contributed by atoms with Crippen molar-refractivity contribution in [1.82, 2.24) is 25.2 Å². The van der Waals surface area contributed by atoms with Crippen molar-refractivity contribution in [3.63, 3.8) is 0 Å². The zero-order chi connectivity index (χ0) is 34.4. The molecule has 248 valence electrons. The summed E-state index contributed by atoms with van der Waals surface area (Å²) in [6.45, 7) is 1.55. The summed E-state index contributed by atoms with van der Waals surface area (Å²) in [6, 6.07) is 45.8. The maximum absolute atomic E-state index is 5.08. The smallest absolute Gasteiger partial charge is 0.160 e. The van der Waals surface area contributed by atoms with Gasteiger partial charge in [0, 0.05) is 55.6 Å². The number of thiophene rings is 1. The van der Waals surface area contributed by atoms with Gasteiger partial charge < -0.3 is 15.2 Å². The van der Waals surface area contributed by atoms with Crippen LogP contribution >= 0.6 is 11.3 Å². The van der Waals surface area contributed by atoms with Crippen molar-refractivity contribution in [3.05, 3.63) is 175 Å². The van der Waals surface area contributed by atoms with Gasteiger partial charge in [-0.05, 0) is 89.3 Å². The Morgan fingerprint density at radius 3 is 1.85 bits per heavy atom. The second-order valence-corrected chi connectivity index (χ2v) is 14.1. The summed E-state index contributed by atoms with van der Waals surface area (Å²) in [4.78, 5) is 11.5. The summed E-state index contributed by atoms with van der Waals surface area (Å²) in [6.07, 6.45) is 12.5. The number of fused-ring (bicyclic) bond motifs is 5. The summed E-state index contributed by atoms with van der Waals surface area (Å²) in [7, 11) is 0. The first-order chi connectivity index (χ1) is 25.8. The first kappa shape index (κ1) is 30.3. The van der Waals surface area contributed by atoms with Gasteiger partial charge in [-0.1, -0.05) is 97.1 Å². The third-order valence-electron chi connectivity index (χ3n) is 9.93. The topological polar surface area (TPSA) is 54.8 Å². The van der Waals surface area contributed by atoms with E-state index < -0.39 is 0 Å². The molecule has 2 N–H and O–H groups in total. The molecule has 0 spiro atoms. The molecule has 5 aromatic carbocycles. The van der Waals surface area contributed by atoms with Gasteiger partial charge in [-0.3, -0.25) is 0 Å². The zero-order valence-electron chi connectivity index (χ0n) is 28.3. The minimum Gasteiger partial charge on any atom is -0.387 e. The first-order valence-corrected chi connectivity index (χ1v) is 18.4. The molecule has 6 heteroatoms. The number of aromatic nitrogens is 3. The van der Waals surface area contributed by atoms with Crippen LogP contribution in [0.25, 0.3) is 81.7 Å². The van der Waals surface area contributed by atoms with E-state index in [-0.39, 0.29) is 0 Å². The predicted molar refractivity (Wildman–Crippen MR) is 218 cm³/mol. The van der Waals surface area contributed by atoms with Crippen molar-refractivity contribution in [1.29, 1.82) is 0 Å². The van der Waals surface area contributed by atoms with Crippen LogP contribution in [-0.4, -0.2) is 27.6 Å². The van der Waals surface area contributed by atoms with Gasteiger partial charge in [-0.25, -0.2) is 9.97 Å². The highest BCUT2D eigenvalue weighted by atomic mass is 32.1. The number of para-hydroxylation sites is 1. The Bertz CT molecular complexity index is 2720. The van der Waals surface area contributed by atoms with Crippen LogP contribution in [0.1, 0.15) is 11.4 Å². The van der Waals surface area contributed by atoms with Gasteiger partial charge in [0.05, 0.1) is 22.4 Å². The fraction of sp³-hybridized carbons (Fsp3) is 0.0435. The lowest BCUT2D eigenvalue weighted by Gasteiger charge is -2.14. The number of hydrogen-bond acceptors (Lipinski definition) is 5. The third-order valence-corrected chi connectivity index (χ3v) is 11.2. The standard InChI is InChI=1S/C46H33N5S/c1-3-9-32(10-4-1)42-37-19-20-41-43(45(37)52-44(42)33-11-5-2-6-12-33)36-13-7-8-14-40(36)51(41)35-17-15-34(16-18-35)46-49-38(30-21-25-47-26-22-30)29-39(50-46)31-23-27-48-28-24-31/h1-25,27,29,47-48H,26,28H2. The predicted octanol–water partition coefficient (Wildman–Crippen LogP) is 10.8. The molecule has 8 aromatic rings. The molecule has 0 unspecified atom stereocenters. The Morgan fingerprint density at radius 2 is 1.19 bits per heavy atom. The van der Waals surface area contributed by atoms with Crippen LogP contribution in [0, 0.1) is 0 Å². The molecule has 0 aliphatic carbocycles. The van der Waals surface area contributed by atoms with Crippen LogP contribution in [0.15, 0.2) is 164 Å². The molecular weight excluding hydrogens is 655 g/mol. The largest absolute Gasteiger partial charge is 0.387 e. The minimum absolute atomic E-state index is 0.712. The first-order valence-electron chi connectivity index (χ1n) is 17.6. The maximum Gasteiger partial charge on any atom is 0.160 e. The molecule has 0 atom stereocenters. The lowest BCUT2D eigenvalue weighted by molar-refractivity contribution is 0.969. The monoisotopic (exact) mass is 687 g/mol. The summed E-state index contributed by atoms with van der Waals surface area (Å²) < 4.78 is 3.71. The van der Waals surface area contributed by atoms with E-state index in [0.717, 1.165) is 46.9 Å². The summed E-state index contributed by atoms with van der Waals surface area (Å²) in [5, 5.41) is 10.3. The molecule has 2 aliphatic heterocycles. The van der Waals surface area contributed by atoms with E-state index in [1.54, 1.807) is 0 Å². The summed E-state index contributed by atoms with van der Waals surface area (Å²) >= 11 is 1.89. The van der Waals surface area contributed by atoms with Crippen LogP contribution < -0.4 is 10.6 Å². The van der Waals surface area contributed by atoms with E-state index in [1.165, 1.54) is 53.5 Å². The highest BCUT2D eigenvalue weighted by Crippen LogP contribution is 2.49. The second-order valence-electron chi connectivity index (χ2n) is 13.0. The van der Waals surface area contributed by atoms with Gasteiger partial charge in [0.2, 0.25) is 0 Å². The molecule has 52 heavy (non-hydrogen) atoms. The minimum atomic E-state index is 0.712. The van der Waals surface area contributed by atoms with Crippen molar-refractivity contribution in [2.24, 2.45) is 0 Å². The van der Waals surface area contributed by atoms with Crippen LogP contribution in [0.5, 0.6) is 0 Å². The van der Waals surface area contributed by atoms with Crippen molar-refractivity contribution in [3.8, 4) is 38.6 Å². The van der Waals surface area contributed by atoms with E-state index in [1.807, 2.05) is 23.7 Å². The van der Waals surface area contributed by atoms with Crippen molar-refractivity contribution < 1.29 is 0 Å². The van der Waals surface area contributed by atoms with Gasteiger partial charge >= 0.3 is 0 Å². The average Bonchev–Trinajstić information content (AvgIpc) is 3.78. The number of hydrogen-bond donors (Lipinski definition) is 2. The molecule has 3 aromatic heterocycles. The molecule has 5 heterocycles. The molecule has 0 saturated heterocycles. The second kappa shape index (κ2) is 12.7. The van der Waals surface area contributed by atoms with Crippen molar-refractivity contribution in [2.75, 3.05) is 13.1 Å². The molecule has 0 saturated carbocycles. The van der Waals surface area contributed by atoms with Crippen molar-refractivity contribution in [2.45, 2.75) is 0 Å². The summed E-state index contributed by atoms with van der Waals surface area (Å²) in [5.74, 6) is 0.712. The van der Waals surface area contributed by atoms with Gasteiger partial charge in [0.15, 0.2) is 5.82 Å². The van der Waals surface area contributed by atoms with Crippen LogP contribution in [-0.2, 0) is 0 Å². The highest BCUT2D eigenvalue weighted by molar-refractivity contribution is 7.24. The Labute approximate surface area is 305 Å². The molecule has 5 nitrogen and oxygen atoms in total. The SMILES string of the molecule is C1=CC(c2cc(C3=CCNC=C3)nc(-c3ccc(-n4c5ccccc5c5c6sc(-c7ccccc7)c(-c7ccccc7)c6ccc54)cc3)n2)=CCN1. The lowest BCUT2D eigenvalue weighted by atomic mass is 9.98. The normalized spacial score (nSPS) is 14.0. The van der Waals surface area contributed by atoms with E-state index in [9.17, 15) is 0 Å². The third kappa shape index (κ3) is 5.15. The molecule has 10 rings (SSSR count). The van der Waals surface area contributed by atoms with Crippen LogP contribution in [0.3, 0.4) is 0 Å². The van der Waals surface area contributed by atoms with E-state index in [2.05, 4.69) is 167 Å². The number of rotatable bonds is 6. The quantitative estimate of drug-likeness (QED) is 0.183. The molecule has 0 radical (unpaired) electrons. The fourth-order valence-electron chi connectivity index (χ4n) is 7.49. The molecular formula is C46H33N5S. The number of dihydropyridines is 2. The molecule has 0 fully saturated rings. The van der Waals surface area contributed by atoms with Crippen LogP contribution in [0.2, 0.25) is 0 Å². The Hall–Kier alpha value is -6.50. The van der Waals surface area contributed by atoms with Gasteiger partial charge in [0.1, 0.15) is 0 Å².